The number of likely N-dealkylation sites (N-methyl/N-ethyl adjacent to an activating group) is 1. The van der Waals surface area contributed by atoms with Crippen LogP contribution in [-0.2, 0) is 11.2 Å². The van der Waals surface area contributed by atoms with E-state index in [0.717, 1.165) is 31.6 Å². The first-order valence-electron chi connectivity index (χ1n) is 7.88. The van der Waals surface area contributed by atoms with Crippen molar-refractivity contribution in [3.63, 3.8) is 0 Å². The normalized spacial score (nSPS) is 26.5. The molecule has 1 fully saturated rings. The molecule has 2 unspecified atom stereocenters. The van der Waals surface area contributed by atoms with Crippen LogP contribution in [-0.4, -0.2) is 36.3 Å². The third-order valence-corrected chi connectivity index (χ3v) is 4.75. The number of aromatic hydroxyl groups is 1. The number of hydrogen-bond acceptors (Lipinski definition) is 3. The summed E-state index contributed by atoms with van der Waals surface area (Å²) in [6.45, 7) is 1.92. The Kier molecular flexibility index (Phi) is 4.27. The van der Waals surface area contributed by atoms with Crippen molar-refractivity contribution in [1.82, 2.24) is 4.90 Å². The maximum atomic E-state index is 10.0. The molecule has 1 N–H and O–H groups in total. The van der Waals surface area contributed by atoms with Gasteiger partial charge in [0, 0.05) is 19.2 Å². The van der Waals surface area contributed by atoms with Gasteiger partial charge in [-0.15, -0.1) is 0 Å². The molecule has 2 atom stereocenters. The second-order valence-electron chi connectivity index (χ2n) is 6.18. The molecule has 0 radical (unpaired) electrons. The van der Waals surface area contributed by atoms with Gasteiger partial charge in [-0.2, -0.15) is 0 Å². The van der Waals surface area contributed by atoms with Crippen LogP contribution in [0.1, 0.15) is 49.3 Å². The van der Waals surface area contributed by atoms with Gasteiger partial charge in [-0.05, 0) is 62.8 Å². The summed E-state index contributed by atoms with van der Waals surface area (Å²) >= 11 is 0. The highest BCUT2D eigenvalue weighted by Crippen LogP contribution is 2.37. The summed E-state index contributed by atoms with van der Waals surface area (Å²) in [7, 11) is 2.20. The van der Waals surface area contributed by atoms with Crippen molar-refractivity contribution >= 4 is 0 Å². The fourth-order valence-electron chi connectivity index (χ4n) is 3.66. The lowest BCUT2D eigenvalue weighted by Gasteiger charge is -2.36. The molecule has 0 saturated carbocycles. The van der Waals surface area contributed by atoms with Crippen LogP contribution in [0.4, 0.5) is 0 Å². The first kappa shape index (κ1) is 13.9. The van der Waals surface area contributed by atoms with Gasteiger partial charge in [0.1, 0.15) is 5.75 Å². The summed E-state index contributed by atoms with van der Waals surface area (Å²) in [6, 6.07) is 6.39. The number of rotatable bonds is 3. The quantitative estimate of drug-likeness (QED) is 0.919. The topological polar surface area (TPSA) is 32.7 Å². The Morgan fingerprint density at radius 1 is 1.25 bits per heavy atom. The number of nitrogens with zero attached hydrogens (tertiary/aromatic N) is 1. The van der Waals surface area contributed by atoms with Crippen LogP contribution in [0.5, 0.6) is 5.75 Å². The van der Waals surface area contributed by atoms with E-state index >= 15 is 0 Å². The Bertz CT molecular complexity index is 454. The molecular weight excluding hydrogens is 250 g/mol. The number of phenolic OH excluding ortho intramolecular Hbond substituents is 1. The van der Waals surface area contributed by atoms with Gasteiger partial charge in [-0.3, -0.25) is 4.90 Å². The van der Waals surface area contributed by atoms with Gasteiger partial charge in [0.05, 0.1) is 6.10 Å². The lowest BCUT2D eigenvalue weighted by molar-refractivity contribution is -0.00963. The second-order valence-corrected chi connectivity index (χ2v) is 6.18. The van der Waals surface area contributed by atoms with Crippen LogP contribution in [0.2, 0.25) is 0 Å². The molecule has 110 valence electrons. The summed E-state index contributed by atoms with van der Waals surface area (Å²) in [5.74, 6) is 0.467. The highest BCUT2D eigenvalue weighted by Gasteiger charge is 2.27. The molecule has 0 bridgehead atoms. The van der Waals surface area contributed by atoms with Crippen LogP contribution in [0.25, 0.3) is 0 Å². The van der Waals surface area contributed by atoms with E-state index in [4.69, 9.17) is 4.74 Å². The fourth-order valence-corrected chi connectivity index (χ4v) is 3.66. The molecule has 1 aliphatic carbocycles. The van der Waals surface area contributed by atoms with Gasteiger partial charge < -0.3 is 9.84 Å². The summed E-state index contributed by atoms with van der Waals surface area (Å²) in [4.78, 5) is 2.42. The molecule has 0 amide bonds. The number of fused-ring (bicyclic) bond motifs is 1. The Labute approximate surface area is 121 Å². The van der Waals surface area contributed by atoms with Gasteiger partial charge in [-0.25, -0.2) is 0 Å². The Balaban J connectivity index is 1.72. The molecular formula is C17H25NO2. The van der Waals surface area contributed by atoms with E-state index in [2.05, 4.69) is 18.0 Å². The monoisotopic (exact) mass is 275 g/mol. The maximum absolute atomic E-state index is 10.0. The van der Waals surface area contributed by atoms with Gasteiger partial charge in [0.15, 0.2) is 0 Å². The predicted molar refractivity (Wildman–Crippen MR) is 80.0 cm³/mol. The third-order valence-electron chi connectivity index (χ3n) is 4.75. The van der Waals surface area contributed by atoms with Gasteiger partial charge in [0.25, 0.3) is 0 Å². The minimum atomic E-state index is 0.386. The van der Waals surface area contributed by atoms with Crippen molar-refractivity contribution in [3.05, 3.63) is 29.3 Å². The standard InChI is InChI=1S/C17H25NO2/c1-18(12-13-6-2-3-11-20-13)16-9-4-8-15-14(16)7-5-10-17(15)19/h5,7,10,13,16,19H,2-4,6,8-9,11-12H2,1H3. The summed E-state index contributed by atoms with van der Waals surface area (Å²) < 4.78 is 5.86. The molecule has 0 spiro atoms. The van der Waals surface area contributed by atoms with Crippen molar-refractivity contribution in [3.8, 4) is 5.75 Å². The predicted octanol–water partition coefficient (Wildman–Crippen LogP) is 3.27. The zero-order valence-electron chi connectivity index (χ0n) is 12.3. The van der Waals surface area contributed by atoms with Gasteiger partial charge in [-0.1, -0.05) is 12.1 Å². The van der Waals surface area contributed by atoms with E-state index in [1.807, 2.05) is 12.1 Å². The van der Waals surface area contributed by atoms with E-state index in [9.17, 15) is 5.11 Å². The molecule has 1 heterocycles. The number of benzene rings is 1. The lowest BCUT2D eigenvalue weighted by Crippen LogP contribution is -2.36. The Hall–Kier alpha value is -1.06. The Morgan fingerprint density at radius 2 is 2.15 bits per heavy atom. The zero-order chi connectivity index (χ0) is 13.9. The van der Waals surface area contributed by atoms with Crippen molar-refractivity contribution < 1.29 is 9.84 Å². The van der Waals surface area contributed by atoms with Crippen molar-refractivity contribution in [2.75, 3.05) is 20.2 Å². The van der Waals surface area contributed by atoms with Crippen molar-refractivity contribution in [2.45, 2.75) is 50.7 Å². The summed E-state index contributed by atoms with van der Waals surface area (Å²) in [5, 5.41) is 10.0. The molecule has 2 aliphatic rings. The second kappa shape index (κ2) is 6.15. The van der Waals surface area contributed by atoms with Crippen molar-refractivity contribution in [1.29, 1.82) is 0 Å². The fraction of sp³-hybridized carbons (Fsp3) is 0.647. The molecule has 1 aromatic carbocycles. The summed E-state index contributed by atoms with van der Waals surface area (Å²) in [5.41, 5.74) is 2.47. The molecule has 1 saturated heterocycles. The van der Waals surface area contributed by atoms with Crippen LogP contribution in [0, 0.1) is 0 Å². The highest BCUT2D eigenvalue weighted by atomic mass is 16.5. The van der Waals surface area contributed by atoms with Gasteiger partial charge in [0.2, 0.25) is 0 Å². The SMILES string of the molecule is CN(CC1CCCCO1)C1CCCc2c(O)cccc21. The van der Waals surface area contributed by atoms with E-state index in [1.165, 1.54) is 31.2 Å². The first-order chi connectivity index (χ1) is 9.75. The van der Waals surface area contributed by atoms with Crippen LogP contribution in [0.15, 0.2) is 18.2 Å². The number of hydrogen-bond donors (Lipinski definition) is 1. The van der Waals surface area contributed by atoms with E-state index in [-0.39, 0.29) is 0 Å². The largest absolute Gasteiger partial charge is 0.508 e. The number of phenols is 1. The van der Waals surface area contributed by atoms with Gasteiger partial charge >= 0.3 is 0 Å². The first-order valence-corrected chi connectivity index (χ1v) is 7.88. The minimum Gasteiger partial charge on any atom is -0.508 e. The average Bonchev–Trinajstić information content (AvgIpc) is 2.48. The van der Waals surface area contributed by atoms with Crippen LogP contribution in [0.3, 0.4) is 0 Å². The minimum absolute atomic E-state index is 0.386. The molecule has 1 aliphatic heterocycles. The lowest BCUT2D eigenvalue weighted by atomic mass is 9.86. The highest BCUT2D eigenvalue weighted by molar-refractivity contribution is 5.42. The molecule has 20 heavy (non-hydrogen) atoms. The van der Waals surface area contributed by atoms with E-state index in [0.29, 0.717) is 17.9 Å². The average molecular weight is 275 g/mol. The Morgan fingerprint density at radius 3 is 2.95 bits per heavy atom. The number of ether oxygens (including phenoxy) is 1. The smallest absolute Gasteiger partial charge is 0.119 e. The summed E-state index contributed by atoms with van der Waals surface area (Å²) in [6.07, 6.45) is 7.42. The van der Waals surface area contributed by atoms with E-state index < -0.39 is 0 Å². The maximum Gasteiger partial charge on any atom is 0.119 e. The molecule has 3 nitrogen and oxygen atoms in total. The van der Waals surface area contributed by atoms with Crippen molar-refractivity contribution in [2.24, 2.45) is 0 Å². The molecule has 3 rings (SSSR count). The molecule has 3 heteroatoms. The molecule has 0 aromatic heterocycles. The molecule has 1 aromatic rings. The zero-order valence-corrected chi connectivity index (χ0v) is 12.3. The van der Waals surface area contributed by atoms with Crippen LogP contribution < -0.4 is 0 Å². The van der Waals surface area contributed by atoms with Crippen LogP contribution >= 0.6 is 0 Å². The van der Waals surface area contributed by atoms with E-state index in [1.54, 1.807) is 0 Å². The third kappa shape index (κ3) is 2.84.